The molecule has 0 radical (unpaired) electrons. The van der Waals surface area contributed by atoms with E-state index < -0.39 is 0 Å². The number of carbonyl (C=O) groups is 2. The summed E-state index contributed by atoms with van der Waals surface area (Å²) in [6, 6.07) is 0.342. The van der Waals surface area contributed by atoms with Crippen molar-refractivity contribution in [1.29, 1.82) is 0 Å². The van der Waals surface area contributed by atoms with E-state index in [1.54, 1.807) is 18.6 Å². The average molecular weight is 341 g/mol. The second-order valence-electron chi connectivity index (χ2n) is 6.99. The largest absolute Gasteiger partial charge is 0.350 e. The smallest absolute Gasteiger partial charge is 0.225 e. The lowest BCUT2D eigenvalue weighted by Crippen LogP contribution is -2.49. The molecule has 1 atom stereocenters. The van der Waals surface area contributed by atoms with Gasteiger partial charge in [-0.3, -0.25) is 19.0 Å². The van der Waals surface area contributed by atoms with Crippen molar-refractivity contribution >= 4 is 17.5 Å². The Morgan fingerprint density at radius 3 is 2.92 bits per heavy atom. The van der Waals surface area contributed by atoms with Crippen LogP contribution in [0.3, 0.4) is 0 Å². The van der Waals surface area contributed by atoms with E-state index in [0.29, 0.717) is 32.0 Å². The van der Waals surface area contributed by atoms with Crippen molar-refractivity contribution in [3.8, 4) is 0 Å². The van der Waals surface area contributed by atoms with Gasteiger partial charge in [0, 0.05) is 31.4 Å². The van der Waals surface area contributed by atoms with Crippen LogP contribution in [0.5, 0.6) is 0 Å². The predicted molar refractivity (Wildman–Crippen MR) is 91.5 cm³/mol. The predicted octanol–water partition coefficient (Wildman–Crippen LogP) is 1.53. The molecule has 4 rings (SSSR count). The zero-order valence-electron chi connectivity index (χ0n) is 14.2. The van der Waals surface area contributed by atoms with Gasteiger partial charge in [-0.2, -0.15) is 0 Å². The summed E-state index contributed by atoms with van der Waals surface area (Å²) in [5, 5.41) is 3.01. The van der Waals surface area contributed by atoms with Crippen LogP contribution < -0.4 is 5.32 Å². The summed E-state index contributed by atoms with van der Waals surface area (Å²) in [5.74, 6) is 0.129. The molecular formula is C18H23N5O2. The van der Waals surface area contributed by atoms with Crippen LogP contribution in [0, 0.1) is 5.92 Å². The van der Waals surface area contributed by atoms with Gasteiger partial charge in [0.25, 0.3) is 0 Å². The molecule has 2 aromatic rings. The number of aromatic nitrogens is 3. The minimum Gasteiger partial charge on any atom is -0.350 e. The number of nitrogens with one attached hydrogen (secondary N) is 1. The third-order valence-corrected chi connectivity index (χ3v) is 5.42. The maximum absolute atomic E-state index is 12.6. The number of amides is 2. The fraction of sp³-hybridized carbons (Fsp3) is 0.556. The topological polar surface area (TPSA) is 79.6 Å². The van der Waals surface area contributed by atoms with Gasteiger partial charge < -0.3 is 10.2 Å². The van der Waals surface area contributed by atoms with Crippen molar-refractivity contribution in [3.05, 3.63) is 30.5 Å². The van der Waals surface area contributed by atoms with Gasteiger partial charge >= 0.3 is 0 Å². The molecule has 2 amide bonds. The lowest BCUT2D eigenvalue weighted by molar-refractivity contribution is -0.140. The number of hydrogen-bond donors (Lipinski definition) is 1. The Hall–Kier alpha value is -2.44. The van der Waals surface area contributed by atoms with E-state index in [0.717, 1.165) is 24.2 Å². The van der Waals surface area contributed by atoms with Crippen molar-refractivity contribution in [1.82, 2.24) is 24.6 Å². The Labute approximate surface area is 146 Å². The molecule has 1 aliphatic heterocycles. The lowest BCUT2D eigenvalue weighted by Gasteiger charge is -2.36. The molecule has 0 unspecified atom stereocenters. The second kappa shape index (κ2) is 6.82. The number of piperidine rings is 1. The molecule has 7 heteroatoms. The summed E-state index contributed by atoms with van der Waals surface area (Å²) < 4.78 is 1.92. The first-order valence-electron chi connectivity index (χ1n) is 9.05. The van der Waals surface area contributed by atoms with Gasteiger partial charge in [0.2, 0.25) is 11.8 Å². The number of fused-ring (bicyclic) bond motifs is 1. The van der Waals surface area contributed by atoms with Crippen LogP contribution in [0.15, 0.2) is 24.8 Å². The SMILES string of the molecule is O=C(NCc1cnc2cnccn12)[C@H]1CCC(=O)N(C2CCCC2)C1. The summed E-state index contributed by atoms with van der Waals surface area (Å²) in [6.45, 7) is 0.990. The highest BCUT2D eigenvalue weighted by molar-refractivity contribution is 5.84. The van der Waals surface area contributed by atoms with E-state index in [9.17, 15) is 9.59 Å². The molecular weight excluding hydrogens is 318 g/mol. The normalized spacial score (nSPS) is 21.8. The van der Waals surface area contributed by atoms with E-state index in [4.69, 9.17) is 0 Å². The number of imidazole rings is 1. The molecule has 2 aromatic heterocycles. The lowest BCUT2D eigenvalue weighted by atomic mass is 9.95. The summed E-state index contributed by atoms with van der Waals surface area (Å²) >= 11 is 0. The Balaban J connectivity index is 1.38. The zero-order chi connectivity index (χ0) is 17.2. The third kappa shape index (κ3) is 3.23. The van der Waals surface area contributed by atoms with Crippen LogP contribution in [0.4, 0.5) is 0 Å². The summed E-state index contributed by atoms with van der Waals surface area (Å²) in [6.07, 6.45) is 12.6. The highest BCUT2D eigenvalue weighted by atomic mass is 16.2. The third-order valence-electron chi connectivity index (χ3n) is 5.42. The van der Waals surface area contributed by atoms with Crippen LogP contribution in [0.25, 0.3) is 5.65 Å². The highest BCUT2D eigenvalue weighted by Crippen LogP contribution is 2.28. The fourth-order valence-corrected chi connectivity index (χ4v) is 4.00. The quantitative estimate of drug-likeness (QED) is 0.914. The fourth-order valence-electron chi connectivity index (χ4n) is 4.00. The van der Waals surface area contributed by atoms with E-state index in [2.05, 4.69) is 15.3 Å². The molecule has 0 spiro atoms. The molecule has 1 N–H and O–H groups in total. The van der Waals surface area contributed by atoms with E-state index in [1.165, 1.54) is 12.8 Å². The minimum absolute atomic E-state index is 0.0273. The van der Waals surface area contributed by atoms with Gasteiger partial charge in [-0.15, -0.1) is 0 Å². The van der Waals surface area contributed by atoms with Crippen molar-refractivity contribution in [2.24, 2.45) is 5.92 Å². The van der Waals surface area contributed by atoms with Gasteiger partial charge in [-0.05, 0) is 19.3 Å². The van der Waals surface area contributed by atoms with Crippen molar-refractivity contribution < 1.29 is 9.59 Å². The van der Waals surface area contributed by atoms with E-state index in [1.807, 2.05) is 15.5 Å². The molecule has 2 fully saturated rings. The molecule has 3 heterocycles. The Morgan fingerprint density at radius 2 is 2.08 bits per heavy atom. The van der Waals surface area contributed by atoms with Gasteiger partial charge in [0.1, 0.15) is 0 Å². The Kier molecular flexibility index (Phi) is 4.38. The number of carbonyl (C=O) groups excluding carboxylic acids is 2. The molecule has 0 bridgehead atoms. The second-order valence-corrected chi connectivity index (χ2v) is 6.99. The van der Waals surface area contributed by atoms with Gasteiger partial charge in [0.05, 0.1) is 30.6 Å². The molecule has 0 aromatic carbocycles. The molecule has 132 valence electrons. The molecule has 1 aliphatic carbocycles. The van der Waals surface area contributed by atoms with Crippen LogP contribution in [-0.4, -0.2) is 43.7 Å². The Bertz CT molecular complexity index is 781. The van der Waals surface area contributed by atoms with Crippen LogP contribution in [-0.2, 0) is 16.1 Å². The van der Waals surface area contributed by atoms with E-state index >= 15 is 0 Å². The first kappa shape index (κ1) is 16.1. The molecule has 1 saturated carbocycles. The minimum atomic E-state index is -0.112. The van der Waals surface area contributed by atoms with Crippen LogP contribution in [0.2, 0.25) is 0 Å². The number of nitrogens with zero attached hydrogens (tertiary/aromatic N) is 4. The number of rotatable bonds is 4. The summed E-state index contributed by atoms with van der Waals surface area (Å²) in [4.78, 5) is 35.1. The first-order chi connectivity index (χ1) is 12.2. The molecule has 25 heavy (non-hydrogen) atoms. The van der Waals surface area contributed by atoms with Crippen LogP contribution in [0.1, 0.15) is 44.2 Å². The van der Waals surface area contributed by atoms with Gasteiger partial charge in [-0.25, -0.2) is 4.98 Å². The first-order valence-corrected chi connectivity index (χ1v) is 9.05. The molecule has 2 aliphatic rings. The van der Waals surface area contributed by atoms with Crippen molar-refractivity contribution in [2.75, 3.05) is 6.54 Å². The maximum Gasteiger partial charge on any atom is 0.225 e. The zero-order valence-corrected chi connectivity index (χ0v) is 14.2. The Morgan fingerprint density at radius 1 is 1.24 bits per heavy atom. The summed E-state index contributed by atoms with van der Waals surface area (Å²) in [5.41, 5.74) is 1.69. The van der Waals surface area contributed by atoms with E-state index in [-0.39, 0.29) is 17.7 Å². The van der Waals surface area contributed by atoms with Crippen molar-refractivity contribution in [3.63, 3.8) is 0 Å². The average Bonchev–Trinajstić information content (AvgIpc) is 3.30. The standard InChI is InChI=1S/C18H23N5O2/c24-17-6-5-13(12-23(17)14-3-1-2-4-14)18(25)21-10-15-9-20-16-11-19-7-8-22(15)16/h7-9,11,13-14H,1-6,10,12H2,(H,21,25)/t13-/m0/s1. The number of hydrogen-bond acceptors (Lipinski definition) is 4. The maximum atomic E-state index is 12.6. The summed E-state index contributed by atoms with van der Waals surface area (Å²) in [7, 11) is 0. The van der Waals surface area contributed by atoms with Crippen LogP contribution >= 0.6 is 0 Å². The van der Waals surface area contributed by atoms with Gasteiger partial charge in [0.15, 0.2) is 5.65 Å². The van der Waals surface area contributed by atoms with Gasteiger partial charge in [-0.1, -0.05) is 12.8 Å². The monoisotopic (exact) mass is 341 g/mol. The molecule has 1 saturated heterocycles. The highest BCUT2D eigenvalue weighted by Gasteiger charge is 2.35. The van der Waals surface area contributed by atoms with Crippen molar-refractivity contribution in [2.45, 2.75) is 51.1 Å². The molecule has 7 nitrogen and oxygen atoms in total. The number of likely N-dealkylation sites (tertiary alicyclic amines) is 1.